The molecule has 0 saturated heterocycles. The summed E-state index contributed by atoms with van der Waals surface area (Å²) in [6.45, 7) is 3.71. The van der Waals surface area contributed by atoms with Gasteiger partial charge in [0.05, 0.1) is 0 Å². The molecule has 2 rings (SSSR count). The summed E-state index contributed by atoms with van der Waals surface area (Å²) in [5.41, 5.74) is 1.69. The summed E-state index contributed by atoms with van der Waals surface area (Å²) in [7, 11) is 1.85. The Bertz CT molecular complexity index is 654. The second kappa shape index (κ2) is 6.35. The molecule has 0 fully saturated rings. The van der Waals surface area contributed by atoms with Gasteiger partial charge in [0.25, 0.3) is 0 Å². The summed E-state index contributed by atoms with van der Waals surface area (Å²) < 4.78 is 14.9. The molecule has 0 aliphatic rings. The average molecular weight is 287 g/mol. The van der Waals surface area contributed by atoms with Crippen molar-refractivity contribution in [2.24, 2.45) is 7.05 Å². The zero-order chi connectivity index (χ0) is 15.4. The van der Waals surface area contributed by atoms with Crippen LogP contribution in [0, 0.1) is 5.82 Å². The molecule has 21 heavy (non-hydrogen) atoms. The number of rotatable bonds is 4. The Labute approximate surface area is 123 Å². The summed E-state index contributed by atoms with van der Waals surface area (Å²) in [5.74, 6) is 0.178. The number of nitrogens with one attached hydrogen (secondary N) is 1. The largest absolute Gasteiger partial charge is 0.339 e. The molecule has 0 aliphatic carbocycles. The summed E-state index contributed by atoms with van der Waals surface area (Å²) >= 11 is 0. The minimum Gasteiger partial charge on any atom is -0.339 e. The lowest BCUT2D eigenvalue weighted by atomic mass is 10.1. The molecule has 1 heterocycles. The maximum atomic E-state index is 13.1. The van der Waals surface area contributed by atoms with Gasteiger partial charge in [-0.25, -0.2) is 9.37 Å². The smallest absolute Gasteiger partial charge is 0.244 e. The fraction of sp³-hybridized carbons (Fsp3) is 0.250. The van der Waals surface area contributed by atoms with Gasteiger partial charge in [-0.15, -0.1) is 0 Å². The van der Waals surface area contributed by atoms with Crippen molar-refractivity contribution < 1.29 is 9.18 Å². The lowest BCUT2D eigenvalue weighted by molar-refractivity contribution is -0.117. The van der Waals surface area contributed by atoms with E-state index < -0.39 is 6.04 Å². The van der Waals surface area contributed by atoms with E-state index in [2.05, 4.69) is 10.3 Å². The Hall–Kier alpha value is -2.43. The van der Waals surface area contributed by atoms with Gasteiger partial charge in [0, 0.05) is 25.5 Å². The molecular formula is C16H18FN3O. The Morgan fingerprint density at radius 1 is 1.33 bits per heavy atom. The molecule has 0 saturated carbocycles. The van der Waals surface area contributed by atoms with E-state index in [-0.39, 0.29) is 11.7 Å². The van der Waals surface area contributed by atoms with Crippen LogP contribution in [0.4, 0.5) is 4.39 Å². The quantitative estimate of drug-likeness (QED) is 0.879. The van der Waals surface area contributed by atoms with E-state index in [0.29, 0.717) is 5.82 Å². The van der Waals surface area contributed by atoms with Crippen molar-refractivity contribution in [3.8, 4) is 0 Å². The lowest BCUT2D eigenvalue weighted by Crippen LogP contribution is -2.29. The molecule has 0 bridgehead atoms. The number of hydrogen-bond donors (Lipinski definition) is 1. The summed E-state index contributed by atoms with van der Waals surface area (Å²) in [6.07, 6.45) is 5.00. The van der Waals surface area contributed by atoms with Crippen LogP contribution in [0.2, 0.25) is 0 Å². The number of hydrogen-bond acceptors (Lipinski definition) is 2. The van der Waals surface area contributed by atoms with Crippen molar-refractivity contribution in [3.05, 3.63) is 65.5 Å². The van der Waals surface area contributed by atoms with Gasteiger partial charge in [0.15, 0.2) is 0 Å². The Morgan fingerprint density at radius 2 is 2.00 bits per heavy atom. The lowest BCUT2D eigenvalue weighted by Gasteiger charge is -2.18. The predicted octanol–water partition coefficient (Wildman–Crippen LogP) is 2.73. The number of benzene rings is 1. The van der Waals surface area contributed by atoms with E-state index in [0.717, 1.165) is 11.1 Å². The summed E-state index contributed by atoms with van der Waals surface area (Å²) in [6, 6.07) is 5.62. The molecule has 1 unspecified atom stereocenters. The fourth-order valence-corrected chi connectivity index (χ4v) is 2.05. The van der Waals surface area contributed by atoms with E-state index in [1.165, 1.54) is 18.2 Å². The number of halogens is 1. The standard InChI is InChI=1S/C16H18FN3O/c1-11(2)10-14(21)19-15(16-18-8-9-20(16)3)12-4-6-13(17)7-5-12/h4-10,15H,1-3H3,(H,19,21). The molecule has 4 nitrogen and oxygen atoms in total. The van der Waals surface area contributed by atoms with Gasteiger partial charge in [0.1, 0.15) is 17.7 Å². The van der Waals surface area contributed by atoms with Crippen LogP contribution in [-0.4, -0.2) is 15.5 Å². The van der Waals surface area contributed by atoms with Gasteiger partial charge in [-0.2, -0.15) is 0 Å². The minimum atomic E-state index is -0.423. The van der Waals surface area contributed by atoms with Crippen molar-refractivity contribution >= 4 is 5.91 Å². The van der Waals surface area contributed by atoms with Gasteiger partial charge >= 0.3 is 0 Å². The van der Waals surface area contributed by atoms with E-state index >= 15 is 0 Å². The van der Waals surface area contributed by atoms with Crippen molar-refractivity contribution in [3.63, 3.8) is 0 Å². The zero-order valence-corrected chi connectivity index (χ0v) is 12.3. The van der Waals surface area contributed by atoms with Crippen LogP contribution in [-0.2, 0) is 11.8 Å². The van der Waals surface area contributed by atoms with Gasteiger partial charge in [-0.3, -0.25) is 4.79 Å². The second-order valence-electron chi connectivity index (χ2n) is 5.11. The number of carbonyl (C=O) groups excluding carboxylic acids is 1. The van der Waals surface area contributed by atoms with Gasteiger partial charge in [0.2, 0.25) is 5.91 Å². The first-order valence-corrected chi connectivity index (χ1v) is 6.65. The van der Waals surface area contributed by atoms with Crippen LogP contribution >= 0.6 is 0 Å². The van der Waals surface area contributed by atoms with Crippen molar-refractivity contribution in [1.82, 2.24) is 14.9 Å². The Balaban J connectivity index is 2.35. The fourth-order valence-electron chi connectivity index (χ4n) is 2.05. The highest BCUT2D eigenvalue weighted by Gasteiger charge is 2.19. The van der Waals surface area contributed by atoms with Crippen molar-refractivity contribution in [1.29, 1.82) is 0 Å². The van der Waals surface area contributed by atoms with Crippen LogP contribution in [0.3, 0.4) is 0 Å². The molecule has 1 atom stereocenters. The van der Waals surface area contributed by atoms with Crippen LogP contribution in [0.1, 0.15) is 31.3 Å². The molecule has 1 aromatic carbocycles. The first-order valence-electron chi connectivity index (χ1n) is 6.65. The molecule has 1 aromatic heterocycles. The number of imidazole rings is 1. The van der Waals surface area contributed by atoms with E-state index in [9.17, 15) is 9.18 Å². The van der Waals surface area contributed by atoms with E-state index in [1.54, 1.807) is 24.5 Å². The third-order valence-corrected chi connectivity index (χ3v) is 3.03. The third-order valence-electron chi connectivity index (χ3n) is 3.03. The SMILES string of the molecule is CC(C)=CC(=O)NC(c1ccc(F)cc1)c1nccn1C. The zero-order valence-electron chi connectivity index (χ0n) is 12.3. The number of amides is 1. The molecular weight excluding hydrogens is 269 g/mol. The monoisotopic (exact) mass is 287 g/mol. The van der Waals surface area contributed by atoms with Crippen molar-refractivity contribution in [2.45, 2.75) is 19.9 Å². The summed E-state index contributed by atoms with van der Waals surface area (Å²) in [4.78, 5) is 16.3. The molecule has 0 spiro atoms. The van der Waals surface area contributed by atoms with Crippen molar-refractivity contribution in [2.75, 3.05) is 0 Å². The maximum Gasteiger partial charge on any atom is 0.244 e. The molecule has 2 aromatic rings. The highest BCUT2D eigenvalue weighted by molar-refractivity contribution is 5.88. The number of aromatic nitrogens is 2. The van der Waals surface area contributed by atoms with Gasteiger partial charge in [-0.05, 0) is 31.5 Å². The molecule has 0 aliphatic heterocycles. The van der Waals surface area contributed by atoms with E-state index in [4.69, 9.17) is 0 Å². The number of nitrogens with zero attached hydrogens (tertiary/aromatic N) is 2. The Kier molecular flexibility index (Phi) is 4.52. The van der Waals surface area contributed by atoms with Crippen LogP contribution in [0.5, 0.6) is 0 Å². The van der Waals surface area contributed by atoms with Crippen LogP contribution in [0.15, 0.2) is 48.3 Å². The van der Waals surface area contributed by atoms with Gasteiger partial charge < -0.3 is 9.88 Å². The number of carbonyl (C=O) groups is 1. The third kappa shape index (κ3) is 3.78. The molecule has 1 amide bonds. The Morgan fingerprint density at radius 3 is 2.52 bits per heavy atom. The predicted molar refractivity (Wildman–Crippen MR) is 79.0 cm³/mol. The van der Waals surface area contributed by atoms with Gasteiger partial charge in [-0.1, -0.05) is 17.7 Å². The minimum absolute atomic E-state index is 0.202. The first kappa shape index (κ1) is 15.0. The normalized spacial score (nSPS) is 11.8. The molecule has 110 valence electrons. The topological polar surface area (TPSA) is 46.9 Å². The second-order valence-corrected chi connectivity index (χ2v) is 5.11. The number of allylic oxidation sites excluding steroid dienone is 1. The highest BCUT2D eigenvalue weighted by Crippen LogP contribution is 2.20. The summed E-state index contributed by atoms with van der Waals surface area (Å²) in [5, 5.41) is 2.91. The number of aryl methyl sites for hydroxylation is 1. The maximum absolute atomic E-state index is 13.1. The molecule has 0 radical (unpaired) electrons. The molecule has 1 N–H and O–H groups in total. The van der Waals surface area contributed by atoms with E-state index in [1.807, 2.05) is 25.5 Å². The average Bonchev–Trinajstić information content (AvgIpc) is 2.82. The highest BCUT2D eigenvalue weighted by atomic mass is 19.1. The first-order chi connectivity index (χ1) is 9.97. The van der Waals surface area contributed by atoms with Crippen LogP contribution in [0.25, 0.3) is 0 Å². The molecule has 5 heteroatoms. The van der Waals surface area contributed by atoms with Crippen LogP contribution < -0.4 is 5.32 Å².